The molecule has 1 saturated heterocycles. The second-order valence-corrected chi connectivity index (χ2v) is 9.48. The number of para-hydroxylation sites is 1. The lowest BCUT2D eigenvalue weighted by Gasteiger charge is -2.22. The molecule has 0 unspecified atom stereocenters. The van der Waals surface area contributed by atoms with Crippen molar-refractivity contribution in [3.05, 3.63) is 65.2 Å². The summed E-state index contributed by atoms with van der Waals surface area (Å²) in [5.41, 5.74) is 11.2. The van der Waals surface area contributed by atoms with E-state index in [1.807, 2.05) is 30.5 Å². The fourth-order valence-corrected chi connectivity index (χ4v) is 5.07. The molecule has 5 aromatic rings. The first kappa shape index (κ1) is 20.9. The van der Waals surface area contributed by atoms with Crippen molar-refractivity contribution in [1.82, 2.24) is 25.1 Å². The highest BCUT2D eigenvalue weighted by molar-refractivity contribution is 7.09. The molecule has 9 heteroatoms. The van der Waals surface area contributed by atoms with E-state index in [9.17, 15) is 0 Å². The summed E-state index contributed by atoms with van der Waals surface area (Å²) >= 11 is 1.72. The molecular weight excluding hydrogens is 446 g/mol. The number of nitrogens with zero attached hydrogens (tertiary/aromatic N) is 4. The van der Waals surface area contributed by atoms with Gasteiger partial charge in [-0.25, -0.2) is 9.97 Å². The van der Waals surface area contributed by atoms with E-state index in [1.165, 1.54) is 4.88 Å². The molecule has 1 aliphatic heterocycles. The number of hydrogen-bond acceptors (Lipinski definition) is 8. The Bertz CT molecular complexity index is 1420. The molecule has 0 saturated carbocycles. The third-order valence-electron chi connectivity index (χ3n) is 6.20. The van der Waals surface area contributed by atoms with E-state index in [0.29, 0.717) is 17.8 Å². The number of fused-ring (bicyclic) bond motifs is 1. The Labute approximate surface area is 200 Å². The number of oxazole rings is 1. The predicted molar refractivity (Wildman–Crippen MR) is 136 cm³/mol. The maximum atomic E-state index is 6.31. The van der Waals surface area contributed by atoms with Crippen LogP contribution < -0.4 is 16.4 Å². The smallest absolute Gasteiger partial charge is 0.228 e. The highest BCUT2D eigenvalue weighted by Gasteiger charge is 2.20. The molecule has 4 aromatic heterocycles. The molecule has 6 rings (SSSR count). The quantitative estimate of drug-likeness (QED) is 0.322. The van der Waals surface area contributed by atoms with Crippen molar-refractivity contribution in [2.75, 3.05) is 24.1 Å². The SMILES string of the molecule is Nc1cc(-c2nc3cccc(NCc4cccs4)c3o2)c(-c2cnn(C3CCNCC3)c2)cn1. The second kappa shape index (κ2) is 8.92. The van der Waals surface area contributed by atoms with Crippen LogP contribution in [0, 0.1) is 0 Å². The van der Waals surface area contributed by atoms with E-state index in [0.717, 1.165) is 66.0 Å². The van der Waals surface area contributed by atoms with Gasteiger partial charge in [0.1, 0.15) is 11.3 Å². The van der Waals surface area contributed by atoms with Gasteiger partial charge in [0.15, 0.2) is 5.58 Å². The molecule has 172 valence electrons. The Hall–Kier alpha value is -3.69. The third kappa shape index (κ3) is 4.04. The van der Waals surface area contributed by atoms with Gasteiger partial charge in [-0.1, -0.05) is 12.1 Å². The molecule has 0 atom stereocenters. The molecule has 34 heavy (non-hydrogen) atoms. The van der Waals surface area contributed by atoms with E-state index >= 15 is 0 Å². The number of hydrogen-bond donors (Lipinski definition) is 3. The molecular formula is C25H25N7OS. The van der Waals surface area contributed by atoms with Gasteiger partial charge in [-0.05, 0) is 55.6 Å². The summed E-state index contributed by atoms with van der Waals surface area (Å²) in [4.78, 5) is 10.4. The molecule has 0 spiro atoms. The highest BCUT2D eigenvalue weighted by Crippen LogP contribution is 2.36. The van der Waals surface area contributed by atoms with Gasteiger partial charge in [-0.15, -0.1) is 11.3 Å². The van der Waals surface area contributed by atoms with Crippen LogP contribution in [0.1, 0.15) is 23.8 Å². The van der Waals surface area contributed by atoms with Crippen molar-refractivity contribution in [2.24, 2.45) is 0 Å². The summed E-state index contributed by atoms with van der Waals surface area (Å²) in [7, 11) is 0. The molecule has 0 radical (unpaired) electrons. The summed E-state index contributed by atoms with van der Waals surface area (Å²) in [6.07, 6.45) is 7.89. The van der Waals surface area contributed by atoms with Crippen LogP contribution in [0.5, 0.6) is 0 Å². The Kier molecular flexibility index (Phi) is 5.48. The Morgan fingerprint density at radius 2 is 2.06 bits per heavy atom. The summed E-state index contributed by atoms with van der Waals surface area (Å²) in [6, 6.07) is 12.3. The van der Waals surface area contributed by atoms with Crippen molar-refractivity contribution in [3.8, 4) is 22.6 Å². The minimum Gasteiger partial charge on any atom is -0.434 e. The number of anilines is 2. The number of nitrogens with two attached hydrogens (primary N) is 1. The van der Waals surface area contributed by atoms with Crippen LogP contribution in [0.3, 0.4) is 0 Å². The second-order valence-electron chi connectivity index (χ2n) is 8.45. The minimum atomic E-state index is 0.404. The topological polar surface area (TPSA) is 107 Å². The maximum Gasteiger partial charge on any atom is 0.228 e. The lowest BCUT2D eigenvalue weighted by Crippen LogP contribution is -2.29. The largest absolute Gasteiger partial charge is 0.434 e. The summed E-state index contributed by atoms with van der Waals surface area (Å²) in [6.45, 7) is 2.76. The van der Waals surface area contributed by atoms with Gasteiger partial charge in [0.2, 0.25) is 5.89 Å². The fourth-order valence-electron chi connectivity index (χ4n) is 4.43. The molecule has 0 aliphatic carbocycles. The number of rotatable bonds is 6. The van der Waals surface area contributed by atoms with E-state index in [2.05, 4.69) is 49.1 Å². The van der Waals surface area contributed by atoms with Gasteiger partial charge in [0, 0.05) is 34.9 Å². The van der Waals surface area contributed by atoms with E-state index in [1.54, 1.807) is 17.5 Å². The first-order chi connectivity index (χ1) is 16.7. The van der Waals surface area contributed by atoms with Crippen LogP contribution in [-0.4, -0.2) is 32.8 Å². The number of pyridine rings is 1. The van der Waals surface area contributed by atoms with Crippen molar-refractivity contribution in [1.29, 1.82) is 0 Å². The van der Waals surface area contributed by atoms with Gasteiger partial charge in [-0.2, -0.15) is 5.10 Å². The van der Waals surface area contributed by atoms with Crippen LogP contribution in [0.25, 0.3) is 33.7 Å². The van der Waals surface area contributed by atoms with E-state index in [4.69, 9.17) is 15.1 Å². The lowest BCUT2D eigenvalue weighted by atomic mass is 10.0. The predicted octanol–water partition coefficient (Wildman–Crippen LogP) is 4.93. The number of nitrogen functional groups attached to an aromatic ring is 1. The summed E-state index contributed by atoms with van der Waals surface area (Å²) in [5.74, 6) is 0.932. The Morgan fingerprint density at radius 3 is 2.91 bits per heavy atom. The third-order valence-corrected chi connectivity index (χ3v) is 7.08. The van der Waals surface area contributed by atoms with E-state index < -0.39 is 0 Å². The molecule has 0 amide bonds. The number of benzene rings is 1. The van der Waals surface area contributed by atoms with Crippen molar-refractivity contribution in [3.63, 3.8) is 0 Å². The maximum absolute atomic E-state index is 6.31. The molecule has 4 N–H and O–H groups in total. The zero-order valence-corrected chi connectivity index (χ0v) is 19.4. The molecule has 1 aromatic carbocycles. The zero-order valence-electron chi connectivity index (χ0n) is 18.6. The average molecular weight is 472 g/mol. The van der Waals surface area contributed by atoms with Crippen LogP contribution in [0.15, 0.2) is 64.8 Å². The molecule has 5 heterocycles. The minimum absolute atomic E-state index is 0.404. The number of piperidine rings is 1. The van der Waals surface area contributed by atoms with Gasteiger partial charge in [-0.3, -0.25) is 4.68 Å². The van der Waals surface area contributed by atoms with Crippen LogP contribution in [0.4, 0.5) is 11.5 Å². The number of thiophene rings is 1. The zero-order chi connectivity index (χ0) is 22.9. The first-order valence-corrected chi connectivity index (χ1v) is 12.3. The monoisotopic (exact) mass is 471 g/mol. The van der Waals surface area contributed by atoms with E-state index in [-0.39, 0.29) is 0 Å². The van der Waals surface area contributed by atoms with Crippen LogP contribution in [-0.2, 0) is 6.54 Å². The van der Waals surface area contributed by atoms with Crippen molar-refractivity contribution < 1.29 is 4.42 Å². The summed E-state index contributed by atoms with van der Waals surface area (Å²) in [5, 5.41) is 13.6. The average Bonchev–Trinajstić information content (AvgIpc) is 3.64. The van der Waals surface area contributed by atoms with Crippen LogP contribution in [0.2, 0.25) is 0 Å². The number of aromatic nitrogens is 4. The number of nitrogens with one attached hydrogen (secondary N) is 2. The van der Waals surface area contributed by atoms with Crippen LogP contribution >= 0.6 is 11.3 Å². The Balaban J connectivity index is 1.36. The normalized spacial score (nSPS) is 14.6. The van der Waals surface area contributed by atoms with Gasteiger partial charge in [0.05, 0.1) is 23.5 Å². The van der Waals surface area contributed by atoms with Gasteiger partial charge < -0.3 is 20.8 Å². The molecule has 8 nitrogen and oxygen atoms in total. The molecule has 1 fully saturated rings. The van der Waals surface area contributed by atoms with Crippen molar-refractivity contribution >= 4 is 33.9 Å². The highest BCUT2D eigenvalue weighted by atomic mass is 32.1. The van der Waals surface area contributed by atoms with Gasteiger partial charge in [0.25, 0.3) is 0 Å². The first-order valence-electron chi connectivity index (χ1n) is 11.4. The molecule has 1 aliphatic rings. The standard InChI is InChI=1S/C25H25N7OS/c26-23-11-19(20(14-29-23)16-12-30-32(15-16)17-6-8-27-9-7-17)25-31-22-5-1-4-21(24(22)33-25)28-13-18-3-2-10-34-18/h1-5,10-12,14-15,17,27-28H,6-9,13H2,(H2,26,29). The van der Waals surface area contributed by atoms with Gasteiger partial charge >= 0.3 is 0 Å². The van der Waals surface area contributed by atoms with Crippen molar-refractivity contribution in [2.45, 2.75) is 25.4 Å². The fraction of sp³-hybridized carbons (Fsp3) is 0.240. The Morgan fingerprint density at radius 1 is 1.15 bits per heavy atom. The summed E-state index contributed by atoms with van der Waals surface area (Å²) < 4.78 is 8.37. The lowest BCUT2D eigenvalue weighted by molar-refractivity contribution is 0.343. The molecule has 0 bridgehead atoms.